The SMILES string of the molecule is CSOC(C)(C#N)CCc1ccccc1. The molecule has 0 aliphatic heterocycles. The molecule has 0 N–H and O–H groups in total. The van der Waals surface area contributed by atoms with Crippen LogP contribution in [0.4, 0.5) is 0 Å². The Hall–Kier alpha value is -0.980. The topological polar surface area (TPSA) is 33.0 Å². The van der Waals surface area contributed by atoms with E-state index in [1.807, 2.05) is 31.4 Å². The van der Waals surface area contributed by atoms with E-state index in [0.29, 0.717) is 6.42 Å². The third-order valence-corrected chi connectivity index (χ3v) is 2.77. The zero-order valence-electron chi connectivity index (χ0n) is 9.06. The van der Waals surface area contributed by atoms with E-state index in [2.05, 4.69) is 18.2 Å². The van der Waals surface area contributed by atoms with Crippen LogP contribution in [0.3, 0.4) is 0 Å². The molecule has 1 atom stereocenters. The molecule has 0 heterocycles. The van der Waals surface area contributed by atoms with Gasteiger partial charge < -0.3 is 0 Å². The molecule has 0 amide bonds. The van der Waals surface area contributed by atoms with Crippen molar-refractivity contribution < 1.29 is 4.18 Å². The molecular formula is C12H15NOS. The van der Waals surface area contributed by atoms with Gasteiger partial charge in [0.05, 0.1) is 6.07 Å². The van der Waals surface area contributed by atoms with Gasteiger partial charge in [0, 0.05) is 6.26 Å². The number of rotatable bonds is 5. The number of hydrogen-bond acceptors (Lipinski definition) is 3. The Kier molecular flexibility index (Phi) is 4.67. The quantitative estimate of drug-likeness (QED) is 0.716. The lowest BCUT2D eigenvalue weighted by Crippen LogP contribution is -2.24. The molecule has 1 unspecified atom stereocenters. The average Bonchev–Trinajstić information content (AvgIpc) is 2.28. The van der Waals surface area contributed by atoms with Crippen LogP contribution in [0.25, 0.3) is 0 Å². The first-order chi connectivity index (χ1) is 7.20. The summed E-state index contributed by atoms with van der Waals surface area (Å²) < 4.78 is 5.36. The molecule has 1 rings (SSSR count). The number of nitriles is 1. The van der Waals surface area contributed by atoms with Gasteiger partial charge in [0.25, 0.3) is 0 Å². The molecule has 2 nitrogen and oxygen atoms in total. The van der Waals surface area contributed by atoms with Crippen molar-refractivity contribution in [2.45, 2.75) is 25.4 Å². The van der Waals surface area contributed by atoms with Crippen LogP contribution < -0.4 is 0 Å². The Morgan fingerprint density at radius 1 is 1.40 bits per heavy atom. The molecule has 3 heteroatoms. The Balaban J connectivity index is 2.52. The second-order valence-electron chi connectivity index (χ2n) is 3.58. The molecule has 0 radical (unpaired) electrons. The zero-order chi connectivity index (χ0) is 11.1. The van der Waals surface area contributed by atoms with Crippen molar-refractivity contribution in [1.82, 2.24) is 0 Å². The molecule has 0 saturated carbocycles. The van der Waals surface area contributed by atoms with E-state index in [1.165, 1.54) is 17.6 Å². The highest BCUT2D eigenvalue weighted by atomic mass is 32.2. The second-order valence-corrected chi connectivity index (χ2v) is 4.08. The third-order valence-electron chi connectivity index (χ3n) is 2.24. The summed E-state index contributed by atoms with van der Waals surface area (Å²) in [6.45, 7) is 1.83. The minimum absolute atomic E-state index is 0.685. The summed E-state index contributed by atoms with van der Waals surface area (Å²) in [6.07, 6.45) is 3.41. The van der Waals surface area contributed by atoms with Crippen LogP contribution in [-0.2, 0) is 10.6 Å². The number of aryl methyl sites for hydroxylation is 1. The van der Waals surface area contributed by atoms with E-state index in [1.54, 1.807) is 0 Å². The summed E-state index contributed by atoms with van der Waals surface area (Å²) in [7, 11) is 0. The predicted molar refractivity (Wildman–Crippen MR) is 63.4 cm³/mol. The Bertz CT molecular complexity index is 333. The number of nitrogens with zero attached hydrogens (tertiary/aromatic N) is 1. The zero-order valence-corrected chi connectivity index (χ0v) is 9.88. The lowest BCUT2D eigenvalue weighted by Gasteiger charge is -2.19. The Morgan fingerprint density at radius 3 is 2.60 bits per heavy atom. The lowest BCUT2D eigenvalue weighted by molar-refractivity contribution is 0.173. The highest BCUT2D eigenvalue weighted by Crippen LogP contribution is 2.22. The van der Waals surface area contributed by atoms with E-state index in [0.717, 1.165) is 6.42 Å². The molecule has 0 spiro atoms. The molecule has 0 bridgehead atoms. The van der Waals surface area contributed by atoms with Gasteiger partial charge in [-0.15, -0.1) is 0 Å². The van der Waals surface area contributed by atoms with E-state index >= 15 is 0 Å². The largest absolute Gasteiger partial charge is 0.294 e. The first kappa shape index (κ1) is 12.1. The highest BCUT2D eigenvalue weighted by molar-refractivity contribution is 7.93. The molecule has 0 saturated heterocycles. The number of benzene rings is 1. The van der Waals surface area contributed by atoms with Gasteiger partial charge >= 0.3 is 0 Å². The van der Waals surface area contributed by atoms with Crippen molar-refractivity contribution in [3.8, 4) is 6.07 Å². The Labute approximate surface area is 95.5 Å². The lowest BCUT2D eigenvalue weighted by atomic mass is 9.98. The van der Waals surface area contributed by atoms with Crippen LogP contribution in [0, 0.1) is 11.3 Å². The van der Waals surface area contributed by atoms with Crippen LogP contribution in [-0.4, -0.2) is 11.9 Å². The minimum atomic E-state index is -0.685. The smallest absolute Gasteiger partial charge is 0.166 e. The monoisotopic (exact) mass is 221 g/mol. The summed E-state index contributed by atoms with van der Waals surface area (Å²) in [5, 5.41) is 9.01. The maximum Gasteiger partial charge on any atom is 0.166 e. The first-order valence-corrected chi connectivity index (χ1v) is 6.02. The summed E-state index contributed by atoms with van der Waals surface area (Å²) in [5.41, 5.74) is 0.554. The molecule has 0 aromatic heterocycles. The summed E-state index contributed by atoms with van der Waals surface area (Å²) in [5.74, 6) is 0. The fraction of sp³-hybridized carbons (Fsp3) is 0.417. The maximum atomic E-state index is 9.01. The molecular weight excluding hydrogens is 206 g/mol. The molecule has 15 heavy (non-hydrogen) atoms. The fourth-order valence-corrected chi connectivity index (χ4v) is 1.82. The van der Waals surface area contributed by atoms with Crippen molar-refractivity contribution in [2.24, 2.45) is 0 Å². The fourth-order valence-electron chi connectivity index (χ4n) is 1.33. The predicted octanol–water partition coefficient (Wildman–Crippen LogP) is 3.20. The normalized spacial score (nSPS) is 14.2. The molecule has 0 aliphatic carbocycles. The Morgan fingerprint density at radius 2 is 2.07 bits per heavy atom. The van der Waals surface area contributed by atoms with Crippen molar-refractivity contribution in [3.05, 3.63) is 35.9 Å². The van der Waals surface area contributed by atoms with Gasteiger partial charge in [-0.25, -0.2) is 0 Å². The summed E-state index contributed by atoms with van der Waals surface area (Å²) in [4.78, 5) is 0. The van der Waals surface area contributed by atoms with E-state index in [-0.39, 0.29) is 0 Å². The molecule has 80 valence electrons. The van der Waals surface area contributed by atoms with Crippen LogP contribution in [0.2, 0.25) is 0 Å². The van der Waals surface area contributed by atoms with Gasteiger partial charge in [-0.3, -0.25) is 4.18 Å². The van der Waals surface area contributed by atoms with E-state index < -0.39 is 5.60 Å². The van der Waals surface area contributed by atoms with Gasteiger partial charge in [0.2, 0.25) is 0 Å². The molecule has 0 fully saturated rings. The van der Waals surface area contributed by atoms with Crippen LogP contribution >= 0.6 is 12.0 Å². The average molecular weight is 221 g/mol. The van der Waals surface area contributed by atoms with Crippen LogP contribution in [0.1, 0.15) is 18.9 Å². The van der Waals surface area contributed by atoms with Crippen LogP contribution in [0.15, 0.2) is 30.3 Å². The van der Waals surface area contributed by atoms with Crippen molar-refractivity contribution in [3.63, 3.8) is 0 Å². The van der Waals surface area contributed by atoms with Crippen molar-refractivity contribution >= 4 is 12.0 Å². The van der Waals surface area contributed by atoms with Crippen molar-refractivity contribution in [1.29, 1.82) is 5.26 Å². The van der Waals surface area contributed by atoms with Crippen molar-refractivity contribution in [2.75, 3.05) is 6.26 Å². The second kappa shape index (κ2) is 5.79. The van der Waals surface area contributed by atoms with Gasteiger partial charge in [-0.1, -0.05) is 30.3 Å². The standard InChI is InChI=1S/C12H15NOS/c1-12(10-13,14-15-2)9-8-11-6-4-3-5-7-11/h3-7H,8-9H2,1-2H3. The van der Waals surface area contributed by atoms with Gasteiger partial charge in [0.1, 0.15) is 0 Å². The first-order valence-electron chi connectivity index (χ1n) is 4.87. The van der Waals surface area contributed by atoms with E-state index in [9.17, 15) is 0 Å². The van der Waals surface area contributed by atoms with Crippen LogP contribution in [0.5, 0.6) is 0 Å². The van der Waals surface area contributed by atoms with Gasteiger partial charge in [-0.05, 0) is 37.4 Å². The maximum absolute atomic E-state index is 9.01. The minimum Gasteiger partial charge on any atom is -0.294 e. The third kappa shape index (κ3) is 3.94. The van der Waals surface area contributed by atoms with E-state index in [4.69, 9.17) is 9.44 Å². The highest BCUT2D eigenvalue weighted by Gasteiger charge is 2.24. The molecule has 1 aromatic carbocycles. The number of hydrogen-bond donors (Lipinski definition) is 0. The summed E-state index contributed by atoms with van der Waals surface area (Å²) >= 11 is 1.25. The molecule has 0 aliphatic rings. The van der Waals surface area contributed by atoms with Gasteiger partial charge in [-0.2, -0.15) is 5.26 Å². The summed E-state index contributed by atoms with van der Waals surface area (Å²) in [6, 6.07) is 12.3. The molecule has 1 aromatic rings. The van der Waals surface area contributed by atoms with Gasteiger partial charge in [0.15, 0.2) is 5.60 Å².